The van der Waals surface area contributed by atoms with E-state index < -0.39 is 28.6 Å². The molecule has 0 heterocycles. The van der Waals surface area contributed by atoms with E-state index in [4.69, 9.17) is 0 Å². The lowest BCUT2D eigenvalue weighted by atomic mass is 9.78. The van der Waals surface area contributed by atoms with Crippen LogP contribution in [0.3, 0.4) is 0 Å². The maximum atomic E-state index is 12.3. The number of carbonyl (C=O) groups is 2. The SMILES string of the molecule is O=C(O)[C@H]1CCCC[C@H]1C(=O)Nc1ccccc1[N+](=O)[O-]. The van der Waals surface area contributed by atoms with Crippen LogP contribution in [0.4, 0.5) is 11.4 Å². The number of hydrogen-bond acceptors (Lipinski definition) is 4. The highest BCUT2D eigenvalue weighted by molar-refractivity contribution is 5.96. The minimum absolute atomic E-state index is 0.0993. The first-order chi connectivity index (χ1) is 10.0. The molecule has 1 aliphatic rings. The van der Waals surface area contributed by atoms with Gasteiger partial charge in [0.1, 0.15) is 5.69 Å². The van der Waals surface area contributed by atoms with Crippen molar-refractivity contribution in [2.45, 2.75) is 25.7 Å². The third-order valence-corrected chi connectivity index (χ3v) is 3.78. The number of nitro benzene ring substituents is 1. The normalized spacial score (nSPS) is 21.5. The second kappa shape index (κ2) is 6.34. The second-order valence-corrected chi connectivity index (χ2v) is 5.10. The summed E-state index contributed by atoms with van der Waals surface area (Å²) < 4.78 is 0. The van der Waals surface area contributed by atoms with E-state index in [1.165, 1.54) is 18.2 Å². The number of benzene rings is 1. The highest BCUT2D eigenvalue weighted by atomic mass is 16.6. The summed E-state index contributed by atoms with van der Waals surface area (Å²) in [6.07, 6.45) is 2.53. The standard InChI is InChI=1S/C14H16N2O5/c17-13(9-5-1-2-6-10(9)14(18)19)15-11-7-3-4-8-12(11)16(20)21/h3-4,7-10H,1-2,5-6H2,(H,15,17)(H,18,19)/t9-,10+/m1/s1. The number of para-hydroxylation sites is 2. The Balaban J connectivity index is 2.17. The number of carboxylic acid groups (broad SMARTS) is 1. The zero-order valence-electron chi connectivity index (χ0n) is 11.3. The molecule has 1 aliphatic carbocycles. The van der Waals surface area contributed by atoms with Crippen molar-refractivity contribution < 1.29 is 19.6 Å². The molecule has 1 aromatic rings. The number of rotatable bonds is 4. The summed E-state index contributed by atoms with van der Waals surface area (Å²) in [6.45, 7) is 0. The Morgan fingerprint density at radius 1 is 1.19 bits per heavy atom. The maximum Gasteiger partial charge on any atom is 0.307 e. The van der Waals surface area contributed by atoms with Gasteiger partial charge >= 0.3 is 5.97 Å². The molecule has 0 spiro atoms. The summed E-state index contributed by atoms with van der Waals surface area (Å²) in [7, 11) is 0. The van der Waals surface area contributed by atoms with E-state index in [1.54, 1.807) is 6.07 Å². The predicted molar refractivity (Wildman–Crippen MR) is 74.8 cm³/mol. The molecule has 2 rings (SSSR count). The van der Waals surface area contributed by atoms with E-state index in [1.807, 2.05) is 0 Å². The van der Waals surface area contributed by atoms with E-state index in [9.17, 15) is 24.8 Å². The zero-order valence-corrected chi connectivity index (χ0v) is 11.3. The maximum absolute atomic E-state index is 12.3. The molecule has 1 fully saturated rings. The third-order valence-electron chi connectivity index (χ3n) is 3.78. The predicted octanol–water partition coefficient (Wildman–Crippen LogP) is 2.42. The van der Waals surface area contributed by atoms with Crippen LogP contribution < -0.4 is 5.32 Å². The van der Waals surface area contributed by atoms with E-state index in [2.05, 4.69) is 5.32 Å². The van der Waals surface area contributed by atoms with Gasteiger partial charge in [-0.2, -0.15) is 0 Å². The molecule has 0 radical (unpaired) electrons. The largest absolute Gasteiger partial charge is 0.481 e. The molecule has 0 aromatic heterocycles. The van der Waals surface area contributed by atoms with Crippen LogP contribution in [0.2, 0.25) is 0 Å². The molecule has 0 aliphatic heterocycles. The Morgan fingerprint density at radius 2 is 1.81 bits per heavy atom. The van der Waals surface area contributed by atoms with Gasteiger partial charge in [-0.15, -0.1) is 0 Å². The third kappa shape index (κ3) is 3.36. The number of hydrogen-bond donors (Lipinski definition) is 2. The van der Waals surface area contributed by atoms with Gasteiger partial charge < -0.3 is 10.4 Å². The number of carbonyl (C=O) groups excluding carboxylic acids is 1. The van der Waals surface area contributed by atoms with Crippen molar-refractivity contribution >= 4 is 23.3 Å². The van der Waals surface area contributed by atoms with Gasteiger partial charge in [-0.05, 0) is 18.9 Å². The second-order valence-electron chi connectivity index (χ2n) is 5.10. The smallest absolute Gasteiger partial charge is 0.307 e. The lowest BCUT2D eigenvalue weighted by Gasteiger charge is -2.27. The summed E-state index contributed by atoms with van der Waals surface area (Å²) in [4.78, 5) is 33.8. The van der Waals surface area contributed by atoms with Gasteiger partial charge in [-0.25, -0.2) is 0 Å². The van der Waals surface area contributed by atoms with Crippen LogP contribution >= 0.6 is 0 Å². The van der Waals surface area contributed by atoms with E-state index in [0.29, 0.717) is 12.8 Å². The Bertz CT molecular complexity index is 572. The molecule has 2 N–H and O–H groups in total. The van der Waals surface area contributed by atoms with Crippen molar-refractivity contribution in [1.82, 2.24) is 0 Å². The molecular formula is C14H16N2O5. The van der Waals surface area contributed by atoms with E-state index >= 15 is 0 Å². The minimum Gasteiger partial charge on any atom is -0.481 e. The van der Waals surface area contributed by atoms with Crippen LogP contribution in [-0.4, -0.2) is 21.9 Å². The van der Waals surface area contributed by atoms with Crippen LogP contribution in [0.5, 0.6) is 0 Å². The van der Waals surface area contributed by atoms with Crippen molar-refractivity contribution in [2.75, 3.05) is 5.32 Å². The highest BCUT2D eigenvalue weighted by Gasteiger charge is 2.36. The van der Waals surface area contributed by atoms with E-state index in [0.717, 1.165) is 12.8 Å². The molecule has 7 heteroatoms. The van der Waals surface area contributed by atoms with Crippen LogP contribution in [0.1, 0.15) is 25.7 Å². The molecule has 1 amide bonds. The van der Waals surface area contributed by atoms with Gasteiger partial charge in [0.15, 0.2) is 0 Å². The molecule has 2 atom stereocenters. The first-order valence-electron chi connectivity index (χ1n) is 6.78. The van der Waals surface area contributed by atoms with Gasteiger partial charge in [0.25, 0.3) is 5.69 Å². The topological polar surface area (TPSA) is 110 Å². The molecule has 0 bridgehead atoms. The number of amides is 1. The molecule has 21 heavy (non-hydrogen) atoms. The summed E-state index contributed by atoms with van der Waals surface area (Å²) >= 11 is 0. The van der Waals surface area contributed by atoms with Gasteiger partial charge in [0.05, 0.1) is 16.8 Å². The lowest BCUT2D eigenvalue weighted by molar-refractivity contribution is -0.383. The number of nitro groups is 1. The quantitative estimate of drug-likeness (QED) is 0.654. The lowest BCUT2D eigenvalue weighted by Crippen LogP contribution is -2.36. The summed E-state index contributed by atoms with van der Waals surface area (Å²) in [5, 5.41) is 22.6. The monoisotopic (exact) mass is 292 g/mol. The first-order valence-corrected chi connectivity index (χ1v) is 6.78. The molecule has 1 aromatic carbocycles. The summed E-state index contributed by atoms with van der Waals surface area (Å²) in [5.41, 5.74) is -0.101. The highest BCUT2D eigenvalue weighted by Crippen LogP contribution is 2.32. The van der Waals surface area contributed by atoms with Crippen molar-refractivity contribution in [2.24, 2.45) is 11.8 Å². The Morgan fingerprint density at radius 3 is 2.43 bits per heavy atom. The van der Waals surface area contributed by atoms with Crippen LogP contribution in [0.25, 0.3) is 0 Å². The Hall–Kier alpha value is -2.44. The number of nitrogens with zero attached hydrogens (tertiary/aromatic N) is 1. The Labute approximate surface area is 121 Å². The molecule has 7 nitrogen and oxygen atoms in total. The number of anilines is 1. The van der Waals surface area contributed by atoms with Crippen molar-refractivity contribution in [3.63, 3.8) is 0 Å². The molecule has 112 valence electrons. The average Bonchev–Trinajstić information content (AvgIpc) is 2.47. The van der Waals surface area contributed by atoms with Crippen LogP contribution in [-0.2, 0) is 9.59 Å². The number of carboxylic acids is 1. The number of aliphatic carboxylic acids is 1. The molecule has 0 unspecified atom stereocenters. The van der Waals surface area contributed by atoms with Crippen molar-refractivity contribution in [3.05, 3.63) is 34.4 Å². The van der Waals surface area contributed by atoms with Gasteiger partial charge in [-0.1, -0.05) is 25.0 Å². The fourth-order valence-corrected chi connectivity index (χ4v) is 2.70. The fourth-order valence-electron chi connectivity index (χ4n) is 2.70. The fraction of sp³-hybridized carbons (Fsp3) is 0.429. The van der Waals surface area contributed by atoms with Crippen LogP contribution in [0, 0.1) is 22.0 Å². The number of nitrogens with one attached hydrogen (secondary N) is 1. The van der Waals surface area contributed by atoms with Crippen LogP contribution in [0.15, 0.2) is 24.3 Å². The van der Waals surface area contributed by atoms with Gasteiger partial charge in [0.2, 0.25) is 5.91 Å². The summed E-state index contributed by atoms with van der Waals surface area (Å²) in [5.74, 6) is -2.81. The van der Waals surface area contributed by atoms with Gasteiger partial charge in [0, 0.05) is 6.07 Å². The molecule has 1 saturated carbocycles. The zero-order chi connectivity index (χ0) is 15.4. The first kappa shape index (κ1) is 15.0. The van der Waals surface area contributed by atoms with Crippen molar-refractivity contribution in [1.29, 1.82) is 0 Å². The minimum atomic E-state index is -0.989. The Kier molecular flexibility index (Phi) is 4.52. The molecular weight excluding hydrogens is 276 g/mol. The van der Waals surface area contributed by atoms with Crippen molar-refractivity contribution in [3.8, 4) is 0 Å². The van der Waals surface area contributed by atoms with Gasteiger partial charge in [-0.3, -0.25) is 19.7 Å². The molecule has 0 saturated heterocycles. The average molecular weight is 292 g/mol. The summed E-state index contributed by atoms with van der Waals surface area (Å²) in [6, 6.07) is 5.83. The van der Waals surface area contributed by atoms with E-state index in [-0.39, 0.29) is 11.4 Å².